The molecule has 0 aromatic carbocycles. The van der Waals surface area contributed by atoms with Gasteiger partial charge in [0.25, 0.3) is 0 Å². The van der Waals surface area contributed by atoms with E-state index in [-0.39, 0.29) is 0 Å². The van der Waals surface area contributed by atoms with Crippen molar-refractivity contribution in [2.45, 2.75) is 32.6 Å². The van der Waals surface area contributed by atoms with Crippen molar-refractivity contribution in [1.82, 2.24) is 9.97 Å². The second-order valence-electron chi connectivity index (χ2n) is 4.23. The SMILES string of the molecule is CCCCCc1cnccc1-c1ccncc1. The largest absolute Gasteiger partial charge is 0.265 e. The molecule has 0 spiro atoms. The number of nitrogens with zero attached hydrogens (tertiary/aromatic N) is 2. The molecular weight excluding hydrogens is 208 g/mol. The smallest absolute Gasteiger partial charge is 0.0306 e. The first kappa shape index (κ1) is 11.8. The van der Waals surface area contributed by atoms with Crippen LogP contribution in [0.5, 0.6) is 0 Å². The summed E-state index contributed by atoms with van der Waals surface area (Å²) in [4.78, 5) is 8.29. The third-order valence-corrected chi connectivity index (χ3v) is 2.94. The van der Waals surface area contributed by atoms with E-state index in [1.165, 1.54) is 36.0 Å². The number of hydrogen-bond acceptors (Lipinski definition) is 2. The minimum absolute atomic E-state index is 1.11. The average Bonchev–Trinajstić information content (AvgIpc) is 2.41. The Labute approximate surface area is 103 Å². The quantitative estimate of drug-likeness (QED) is 0.723. The molecule has 2 aromatic rings. The lowest BCUT2D eigenvalue weighted by atomic mass is 9.99. The molecule has 2 rings (SSSR count). The standard InChI is InChI=1S/C15H18N2/c1-2-3-4-5-14-12-17-11-8-15(14)13-6-9-16-10-7-13/h6-12H,2-5H2,1H3. The highest BCUT2D eigenvalue weighted by Gasteiger charge is 2.04. The summed E-state index contributed by atoms with van der Waals surface area (Å²) in [5.74, 6) is 0. The van der Waals surface area contributed by atoms with Crippen molar-refractivity contribution in [3.05, 3.63) is 48.5 Å². The molecule has 2 aromatic heterocycles. The summed E-state index contributed by atoms with van der Waals surface area (Å²) < 4.78 is 0. The number of unbranched alkanes of at least 4 members (excludes halogenated alkanes) is 2. The molecule has 0 aliphatic heterocycles. The van der Waals surface area contributed by atoms with Crippen LogP contribution in [-0.4, -0.2) is 9.97 Å². The molecule has 0 saturated carbocycles. The van der Waals surface area contributed by atoms with Gasteiger partial charge in [0.15, 0.2) is 0 Å². The highest BCUT2D eigenvalue weighted by atomic mass is 14.6. The second kappa shape index (κ2) is 6.14. The summed E-state index contributed by atoms with van der Waals surface area (Å²) in [6, 6.07) is 6.20. The molecule has 0 radical (unpaired) electrons. The van der Waals surface area contributed by atoms with E-state index in [1.807, 2.05) is 24.8 Å². The number of aryl methyl sites for hydroxylation is 1. The second-order valence-corrected chi connectivity index (χ2v) is 4.23. The zero-order valence-electron chi connectivity index (χ0n) is 10.3. The summed E-state index contributed by atoms with van der Waals surface area (Å²) in [7, 11) is 0. The van der Waals surface area contributed by atoms with Crippen LogP contribution >= 0.6 is 0 Å². The van der Waals surface area contributed by atoms with E-state index in [2.05, 4.69) is 35.1 Å². The maximum absolute atomic E-state index is 4.23. The van der Waals surface area contributed by atoms with Crippen molar-refractivity contribution in [3.8, 4) is 11.1 Å². The molecular formula is C15H18N2. The van der Waals surface area contributed by atoms with Gasteiger partial charge in [0.2, 0.25) is 0 Å². The molecule has 0 N–H and O–H groups in total. The predicted molar refractivity (Wildman–Crippen MR) is 70.7 cm³/mol. The van der Waals surface area contributed by atoms with Gasteiger partial charge in [-0.1, -0.05) is 19.8 Å². The zero-order valence-corrected chi connectivity index (χ0v) is 10.3. The Morgan fingerprint density at radius 2 is 1.71 bits per heavy atom. The number of aromatic nitrogens is 2. The topological polar surface area (TPSA) is 25.8 Å². The van der Waals surface area contributed by atoms with Gasteiger partial charge in [0.05, 0.1) is 0 Å². The molecule has 2 nitrogen and oxygen atoms in total. The molecule has 0 fully saturated rings. The van der Waals surface area contributed by atoms with E-state index < -0.39 is 0 Å². The Hall–Kier alpha value is -1.70. The monoisotopic (exact) mass is 226 g/mol. The molecule has 0 unspecified atom stereocenters. The lowest BCUT2D eigenvalue weighted by Gasteiger charge is -2.08. The van der Waals surface area contributed by atoms with Crippen LogP contribution in [0.1, 0.15) is 31.7 Å². The lowest BCUT2D eigenvalue weighted by molar-refractivity contribution is 0.716. The molecule has 0 amide bonds. The molecule has 2 heteroatoms. The predicted octanol–water partition coefficient (Wildman–Crippen LogP) is 3.88. The van der Waals surface area contributed by atoms with Crippen LogP contribution < -0.4 is 0 Å². The Morgan fingerprint density at radius 1 is 0.941 bits per heavy atom. The van der Waals surface area contributed by atoms with Crippen molar-refractivity contribution in [2.24, 2.45) is 0 Å². The molecule has 2 heterocycles. The van der Waals surface area contributed by atoms with E-state index in [9.17, 15) is 0 Å². The van der Waals surface area contributed by atoms with Crippen LogP contribution in [0.3, 0.4) is 0 Å². The maximum atomic E-state index is 4.23. The van der Waals surface area contributed by atoms with Crippen molar-refractivity contribution >= 4 is 0 Å². The van der Waals surface area contributed by atoms with E-state index in [0.717, 1.165) is 6.42 Å². The summed E-state index contributed by atoms with van der Waals surface area (Å²) in [6.45, 7) is 2.23. The van der Waals surface area contributed by atoms with Gasteiger partial charge in [-0.25, -0.2) is 0 Å². The number of hydrogen-bond donors (Lipinski definition) is 0. The highest BCUT2D eigenvalue weighted by molar-refractivity contribution is 5.66. The van der Waals surface area contributed by atoms with Gasteiger partial charge in [-0.15, -0.1) is 0 Å². The van der Waals surface area contributed by atoms with Crippen molar-refractivity contribution < 1.29 is 0 Å². The van der Waals surface area contributed by atoms with Crippen molar-refractivity contribution in [2.75, 3.05) is 0 Å². The summed E-state index contributed by atoms with van der Waals surface area (Å²) in [5, 5.41) is 0. The minimum Gasteiger partial charge on any atom is -0.265 e. The Kier molecular flexibility index (Phi) is 4.25. The first-order valence-electron chi connectivity index (χ1n) is 6.25. The third-order valence-electron chi connectivity index (χ3n) is 2.94. The molecule has 0 bridgehead atoms. The summed E-state index contributed by atoms with van der Waals surface area (Å²) >= 11 is 0. The lowest BCUT2D eigenvalue weighted by Crippen LogP contribution is -1.92. The molecule has 0 aliphatic carbocycles. The fraction of sp³-hybridized carbons (Fsp3) is 0.333. The molecule has 0 atom stereocenters. The van der Waals surface area contributed by atoms with Gasteiger partial charge >= 0.3 is 0 Å². The van der Waals surface area contributed by atoms with Crippen LogP contribution in [0.15, 0.2) is 43.0 Å². The fourth-order valence-electron chi connectivity index (χ4n) is 2.00. The third kappa shape index (κ3) is 3.13. The van der Waals surface area contributed by atoms with Gasteiger partial charge in [-0.2, -0.15) is 0 Å². The van der Waals surface area contributed by atoms with Gasteiger partial charge in [-0.05, 0) is 47.7 Å². The van der Waals surface area contributed by atoms with E-state index in [4.69, 9.17) is 0 Å². The molecule has 0 saturated heterocycles. The van der Waals surface area contributed by atoms with E-state index in [0.29, 0.717) is 0 Å². The van der Waals surface area contributed by atoms with Gasteiger partial charge < -0.3 is 0 Å². The molecule has 0 aliphatic rings. The average molecular weight is 226 g/mol. The number of pyridine rings is 2. The van der Waals surface area contributed by atoms with E-state index >= 15 is 0 Å². The first-order valence-corrected chi connectivity index (χ1v) is 6.25. The van der Waals surface area contributed by atoms with Crippen LogP contribution in [-0.2, 0) is 6.42 Å². The van der Waals surface area contributed by atoms with Gasteiger partial charge in [0, 0.05) is 24.8 Å². The molecule has 17 heavy (non-hydrogen) atoms. The fourth-order valence-corrected chi connectivity index (χ4v) is 2.00. The van der Waals surface area contributed by atoms with Crippen molar-refractivity contribution in [1.29, 1.82) is 0 Å². The first-order chi connectivity index (χ1) is 8.42. The summed E-state index contributed by atoms with van der Waals surface area (Å²) in [5.41, 5.74) is 3.86. The minimum atomic E-state index is 1.11. The summed E-state index contributed by atoms with van der Waals surface area (Å²) in [6.07, 6.45) is 12.4. The van der Waals surface area contributed by atoms with Crippen molar-refractivity contribution in [3.63, 3.8) is 0 Å². The zero-order chi connectivity index (χ0) is 11.9. The Balaban J connectivity index is 2.22. The maximum Gasteiger partial charge on any atom is 0.0306 e. The Bertz CT molecular complexity index is 451. The van der Waals surface area contributed by atoms with Crippen LogP contribution in [0.25, 0.3) is 11.1 Å². The molecule has 88 valence electrons. The van der Waals surface area contributed by atoms with Crippen LogP contribution in [0.2, 0.25) is 0 Å². The van der Waals surface area contributed by atoms with Gasteiger partial charge in [-0.3, -0.25) is 9.97 Å². The van der Waals surface area contributed by atoms with Crippen LogP contribution in [0, 0.1) is 0 Å². The highest BCUT2D eigenvalue weighted by Crippen LogP contribution is 2.23. The number of rotatable bonds is 5. The van der Waals surface area contributed by atoms with Gasteiger partial charge in [0.1, 0.15) is 0 Å². The van der Waals surface area contributed by atoms with Crippen LogP contribution in [0.4, 0.5) is 0 Å². The van der Waals surface area contributed by atoms with E-state index in [1.54, 1.807) is 0 Å². The Morgan fingerprint density at radius 3 is 2.47 bits per heavy atom. The normalized spacial score (nSPS) is 10.4.